The topological polar surface area (TPSA) is 39.1 Å². The van der Waals surface area contributed by atoms with E-state index in [4.69, 9.17) is 4.74 Å². The standard InChI is InChI=1S/C15H21N3O/c1-12(14-4-6-15(19-3)7-5-14)16-9-8-13-10-17-18(2)11-13/h4-7,10-12,16H,8-9H2,1-3H3/t12-/m0/s1. The number of ether oxygens (including phenoxy) is 1. The zero-order valence-electron chi connectivity index (χ0n) is 11.8. The maximum atomic E-state index is 5.16. The monoisotopic (exact) mass is 259 g/mol. The Hall–Kier alpha value is -1.81. The van der Waals surface area contributed by atoms with Crippen molar-refractivity contribution in [3.05, 3.63) is 47.8 Å². The molecule has 1 N–H and O–H groups in total. The van der Waals surface area contributed by atoms with Gasteiger partial charge >= 0.3 is 0 Å². The quantitative estimate of drug-likeness (QED) is 0.865. The van der Waals surface area contributed by atoms with Crippen molar-refractivity contribution in [3.63, 3.8) is 0 Å². The van der Waals surface area contributed by atoms with Crippen LogP contribution in [0.5, 0.6) is 5.75 Å². The van der Waals surface area contributed by atoms with Gasteiger partial charge in [0.1, 0.15) is 5.75 Å². The van der Waals surface area contributed by atoms with Crippen LogP contribution in [0.1, 0.15) is 24.1 Å². The van der Waals surface area contributed by atoms with Gasteiger partial charge in [0.05, 0.1) is 13.3 Å². The van der Waals surface area contributed by atoms with Crippen molar-refractivity contribution in [1.29, 1.82) is 0 Å². The molecule has 19 heavy (non-hydrogen) atoms. The van der Waals surface area contributed by atoms with E-state index in [2.05, 4.69) is 35.7 Å². The predicted molar refractivity (Wildman–Crippen MR) is 76.3 cm³/mol. The van der Waals surface area contributed by atoms with Crippen LogP contribution in [-0.4, -0.2) is 23.4 Å². The smallest absolute Gasteiger partial charge is 0.118 e. The van der Waals surface area contributed by atoms with Crippen molar-refractivity contribution in [1.82, 2.24) is 15.1 Å². The van der Waals surface area contributed by atoms with Gasteiger partial charge in [-0.2, -0.15) is 5.10 Å². The molecule has 0 spiro atoms. The molecule has 0 fully saturated rings. The molecule has 2 aromatic rings. The first-order valence-electron chi connectivity index (χ1n) is 6.54. The van der Waals surface area contributed by atoms with E-state index in [1.165, 1.54) is 11.1 Å². The summed E-state index contributed by atoms with van der Waals surface area (Å²) in [4.78, 5) is 0. The van der Waals surface area contributed by atoms with Crippen molar-refractivity contribution < 1.29 is 4.74 Å². The van der Waals surface area contributed by atoms with Crippen LogP contribution < -0.4 is 10.1 Å². The first kappa shape index (κ1) is 13.6. The number of hydrogen-bond donors (Lipinski definition) is 1. The van der Waals surface area contributed by atoms with Gasteiger partial charge < -0.3 is 10.1 Å². The van der Waals surface area contributed by atoms with Crippen molar-refractivity contribution in [2.24, 2.45) is 7.05 Å². The molecule has 0 aliphatic carbocycles. The lowest BCUT2D eigenvalue weighted by molar-refractivity contribution is 0.414. The maximum Gasteiger partial charge on any atom is 0.118 e. The summed E-state index contributed by atoms with van der Waals surface area (Å²) in [5, 5.41) is 7.68. The summed E-state index contributed by atoms with van der Waals surface area (Å²) in [6, 6.07) is 8.52. The van der Waals surface area contributed by atoms with Gasteiger partial charge in [-0.3, -0.25) is 4.68 Å². The average Bonchev–Trinajstić information content (AvgIpc) is 2.84. The Balaban J connectivity index is 1.81. The molecule has 0 radical (unpaired) electrons. The SMILES string of the molecule is COc1ccc([C@H](C)NCCc2cnn(C)c2)cc1. The molecule has 0 aliphatic heterocycles. The van der Waals surface area contributed by atoms with E-state index in [1.807, 2.05) is 30.1 Å². The van der Waals surface area contributed by atoms with Crippen LogP contribution in [0, 0.1) is 0 Å². The summed E-state index contributed by atoms with van der Waals surface area (Å²) >= 11 is 0. The normalized spacial score (nSPS) is 12.4. The van der Waals surface area contributed by atoms with Crippen molar-refractivity contribution >= 4 is 0 Å². The minimum atomic E-state index is 0.336. The fraction of sp³-hybridized carbons (Fsp3) is 0.400. The molecule has 0 bridgehead atoms. The third-order valence-corrected chi connectivity index (χ3v) is 3.24. The van der Waals surface area contributed by atoms with E-state index in [9.17, 15) is 0 Å². The average molecular weight is 259 g/mol. The first-order valence-corrected chi connectivity index (χ1v) is 6.54. The third-order valence-electron chi connectivity index (χ3n) is 3.24. The Labute approximate surface area is 114 Å². The molecule has 1 atom stereocenters. The number of nitrogens with one attached hydrogen (secondary N) is 1. The van der Waals surface area contributed by atoms with Crippen molar-refractivity contribution in [2.75, 3.05) is 13.7 Å². The highest BCUT2D eigenvalue weighted by atomic mass is 16.5. The number of hydrogen-bond acceptors (Lipinski definition) is 3. The van der Waals surface area contributed by atoms with E-state index in [1.54, 1.807) is 7.11 Å². The number of rotatable bonds is 6. The van der Waals surface area contributed by atoms with Gasteiger partial charge in [-0.15, -0.1) is 0 Å². The molecule has 0 saturated carbocycles. The van der Waals surface area contributed by atoms with E-state index in [-0.39, 0.29) is 0 Å². The second-order valence-corrected chi connectivity index (χ2v) is 4.72. The molecular formula is C15H21N3O. The van der Waals surface area contributed by atoms with Gasteiger partial charge in [-0.1, -0.05) is 12.1 Å². The molecule has 4 nitrogen and oxygen atoms in total. The van der Waals surface area contributed by atoms with Crippen LogP contribution >= 0.6 is 0 Å². The molecule has 0 aliphatic rings. The van der Waals surface area contributed by atoms with Crippen LogP contribution in [0.25, 0.3) is 0 Å². The molecule has 1 aromatic carbocycles. The summed E-state index contributed by atoms with van der Waals surface area (Å²) in [5.74, 6) is 0.895. The minimum Gasteiger partial charge on any atom is -0.497 e. The zero-order chi connectivity index (χ0) is 13.7. The van der Waals surface area contributed by atoms with Crippen LogP contribution in [0.3, 0.4) is 0 Å². The van der Waals surface area contributed by atoms with Gasteiger partial charge in [-0.05, 0) is 43.1 Å². The number of aryl methyl sites for hydroxylation is 1. The van der Waals surface area contributed by atoms with Gasteiger partial charge in [-0.25, -0.2) is 0 Å². The Kier molecular flexibility index (Phi) is 4.58. The van der Waals surface area contributed by atoms with E-state index in [0.29, 0.717) is 6.04 Å². The number of nitrogens with zero attached hydrogens (tertiary/aromatic N) is 2. The third kappa shape index (κ3) is 3.83. The van der Waals surface area contributed by atoms with Crippen molar-refractivity contribution in [2.45, 2.75) is 19.4 Å². The number of aromatic nitrogens is 2. The Bertz CT molecular complexity index is 504. The largest absolute Gasteiger partial charge is 0.497 e. The Morgan fingerprint density at radius 1 is 1.32 bits per heavy atom. The van der Waals surface area contributed by atoms with Crippen LogP contribution in [0.4, 0.5) is 0 Å². The van der Waals surface area contributed by atoms with Gasteiger partial charge in [0, 0.05) is 19.3 Å². The number of benzene rings is 1. The highest BCUT2D eigenvalue weighted by Gasteiger charge is 2.05. The van der Waals surface area contributed by atoms with E-state index in [0.717, 1.165) is 18.7 Å². The molecule has 0 amide bonds. The molecule has 4 heteroatoms. The predicted octanol–water partition coefficient (Wildman–Crippen LogP) is 2.32. The summed E-state index contributed by atoms with van der Waals surface area (Å²) in [7, 11) is 3.63. The molecule has 0 unspecified atom stereocenters. The summed E-state index contributed by atoms with van der Waals surface area (Å²) < 4.78 is 7.00. The molecule has 102 valence electrons. The van der Waals surface area contributed by atoms with Crippen LogP contribution in [-0.2, 0) is 13.5 Å². The summed E-state index contributed by atoms with van der Waals surface area (Å²) in [6.45, 7) is 3.12. The number of methoxy groups -OCH3 is 1. The Morgan fingerprint density at radius 3 is 2.63 bits per heavy atom. The minimum absolute atomic E-state index is 0.336. The molecule has 1 heterocycles. The Morgan fingerprint density at radius 2 is 2.05 bits per heavy atom. The van der Waals surface area contributed by atoms with Crippen molar-refractivity contribution in [3.8, 4) is 5.75 Å². The second-order valence-electron chi connectivity index (χ2n) is 4.72. The fourth-order valence-corrected chi connectivity index (χ4v) is 2.04. The van der Waals surface area contributed by atoms with Gasteiger partial charge in [0.2, 0.25) is 0 Å². The molecule has 1 aromatic heterocycles. The van der Waals surface area contributed by atoms with Crippen LogP contribution in [0.15, 0.2) is 36.7 Å². The summed E-state index contributed by atoms with van der Waals surface area (Å²) in [6.07, 6.45) is 4.97. The second kappa shape index (κ2) is 6.38. The van der Waals surface area contributed by atoms with E-state index >= 15 is 0 Å². The first-order chi connectivity index (χ1) is 9.19. The highest BCUT2D eigenvalue weighted by molar-refractivity contribution is 5.28. The lowest BCUT2D eigenvalue weighted by Gasteiger charge is -2.14. The van der Waals surface area contributed by atoms with E-state index < -0.39 is 0 Å². The van der Waals surface area contributed by atoms with Gasteiger partial charge in [0.25, 0.3) is 0 Å². The fourth-order valence-electron chi connectivity index (χ4n) is 2.04. The van der Waals surface area contributed by atoms with Crippen LogP contribution in [0.2, 0.25) is 0 Å². The molecule has 2 rings (SSSR count). The molecule has 0 saturated heterocycles. The zero-order valence-corrected chi connectivity index (χ0v) is 11.8. The lowest BCUT2D eigenvalue weighted by atomic mass is 10.1. The molecular weight excluding hydrogens is 238 g/mol. The highest BCUT2D eigenvalue weighted by Crippen LogP contribution is 2.17. The van der Waals surface area contributed by atoms with Gasteiger partial charge in [0.15, 0.2) is 0 Å². The maximum absolute atomic E-state index is 5.16. The lowest BCUT2D eigenvalue weighted by Crippen LogP contribution is -2.21. The summed E-state index contributed by atoms with van der Waals surface area (Å²) in [5.41, 5.74) is 2.53.